The number of thioether (sulfide) groups is 1. The van der Waals surface area contributed by atoms with E-state index < -0.39 is 10.8 Å². The predicted molar refractivity (Wildman–Crippen MR) is 81.0 cm³/mol. The summed E-state index contributed by atoms with van der Waals surface area (Å²) in [6.07, 6.45) is 1.33. The summed E-state index contributed by atoms with van der Waals surface area (Å²) in [5.41, 5.74) is 5.37. The molecule has 1 atom stereocenters. The van der Waals surface area contributed by atoms with Crippen molar-refractivity contribution in [1.82, 2.24) is 15.3 Å². The first-order chi connectivity index (χ1) is 10.0. The number of carbonyl (C=O) groups is 1. The highest BCUT2D eigenvalue weighted by atomic mass is 32.2. The van der Waals surface area contributed by atoms with Crippen molar-refractivity contribution in [2.45, 2.75) is 37.1 Å². The minimum Gasteiger partial charge on any atom is -0.354 e. The maximum absolute atomic E-state index is 11.8. The molecule has 4 N–H and O–H groups in total. The largest absolute Gasteiger partial charge is 0.354 e. The second-order valence-electron chi connectivity index (χ2n) is 4.39. The highest BCUT2D eigenvalue weighted by molar-refractivity contribution is 8.00. The normalized spacial score (nSPS) is 11.7. The number of nitrogens with two attached hydrogens (primary N) is 1. The number of amides is 1. The summed E-state index contributed by atoms with van der Waals surface area (Å²) in [5.74, 6) is -0.172. The Morgan fingerprint density at radius 3 is 2.90 bits per heavy atom. The highest BCUT2D eigenvalue weighted by Gasteiger charge is 2.17. The summed E-state index contributed by atoms with van der Waals surface area (Å²) < 4.78 is 0. The van der Waals surface area contributed by atoms with E-state index in [2.05, 4.69) is 15.3 Å². The Labute approximate surface area is 127 Å². The molecule has 1 heterocycles. The van der Waals surface area contributed by atoms with E-state index in [-0.39, 0.29) is 11.5 Å². The molecule has 114 valence electrons. The quantitative estimate of drug-likeness (QED) is 0.486. The lowest BCUT2D eigenvalue weighted by atomic mass is 10.1. The van der Waals surface area contributed by atoms with Crippen LogP contribution >= 0.6 is 11.8 Å². The van der Waals surface area contributed by atoms with Gasteiger partial charge in [-0.1, -0.05) is 25.1 Å². The number of nitrogens with one attached hydrogen (secondary N) is 2. The lowest BCUT2D eigenvalue weighted by Gasteiger charge is -2.11. The third kappa shape index (κ3) is 4.88. The Morgan fingerprint density at radius 1 is 1.62 bits per heavy atom. The smallest absolute Gasteiger partial charge is 0.269 e. The summed E-state index contributed by atoms with van der Waals surface area (Å²) in [4.78, 5) is 30.4. The number of hydrogen-bond donors (Lipinski definition) is 3. The molecule has 1 aromatic rings. The van der Waals surface area contributed by atoms with E-state index in [0.29, 0.717) is 30.4 Å². The van der Waals surface area contributed by atoms with Crippen molar-refractivity contribution in [2.24, 2.45) is 5.73 Å². The second kappa shape index (κ2) is 8.44. The summed E-state index contributed by atoms with van der Waals surface area (Å²) in [6.45, 7) is 4.44. The van der Waals surface area contributed by atoms with Crippen molar-refractivity contribution in [3.8, 4) is 6.07 Å². The highest BCUT2D eigenvalue weighted by Crippen LogP contribution is 2.19. The zero-order valence-corrected chi connectivity index (χ0v) is 12.9. The van der Waals surface area contributed by atoms with Gasteiger partial charge in [0.2, 0.25) is 5.91 Å². The first kappa shape index (κ1) is 17.2. The Balaban J connectivity index is 2.92. The Bertz CT molecular complexity index is 593. The second-order valence-corrected chi connectivity index (χ2v) is 5.72. The van der Waals surface area contributed by atoms with Gasteiger partial charge in [-0.15, -0.1) is 0 Å². The Morgan fingerprint density at radius 2 is 2.33 bits per heavy atom. The molecule has 0 aliphatic rings. The van der Waals surface area contributed by atoms with Gasteiger partial charge in [-0.05, 0) is 13.3 Å². The molecular formula is C13H19N5O2S. The number of aromatic nitrogens is 2. The first-order valence-corrected chi connectivity index (χ1v) is 7.59. The van der Waals surface area contributed by atoms with Crippen LogP contribution in [0.25, 0.3) is 0 Å². The molecule has 8 heteroatoms. The Hall–Kier alpha value is -1.85. The van der Waals surface area contributed by atoms with Gasteiger partial charge in [0.1, 0.15) is 11.6 Å². The molecule has 0 saturated carbocycles. The monoisotopic (exact) mass is 309 g/mol. The average Bonchev–Trinajstić information content (AvgIpc) is 2.44. The first-order valence-electron chi connectivity index (χ1n) is 6.71. The number of H-pyrrole nitrogens is 1. The van der Waals surface area contributed by atoms with Crippen LogP contribution in [0.4, 0.5) is 0 Å². The van der Waals surface area contributed by atoms with Crippen LogP contribution in [0.2, 0.25) is 0 Å². The van der Waals surface area contributed by atoms with Crippen molar-refractivity contribution in [2.75, 3.05) is 13.1 Å². The molecule has 0 saturated heterocycles. The molecule has 21 heavy (non-hydrogen) atoms. The van der Waals surface area contributed by atoms with Crippen LogP contribution in [0.15, 0.2) is 9.95 Å². The number of hydrogen-bond acceptors (Lipinski definition) is 6. The van der Waals surface area contributed by atoms with Crippen molar-refractivity contribution >= 4 is 17.7 Å². The zero-order valence-electron chi connectivity index (χ0n) is 12.1. The van der Waals surface area contributed by atoms with Crippen molar-refractivity contribution < 1.29 is 4.79 Å². The topological polar surface area (TPSA) is 125 Å². The minimum absolute atomic E-state index is 0.0430. The standard InChI is InChI=1S/C13H19N5O2S/c1-3-4-10-9(7-15)12(20)18-13(17-10)21-8(2)11(19)16-6-5-14/h8H,3-6,14H2,1-2H3,(H,16,19)(H,17,18,20). The van der Waals surface area contributed by atoms with Gasteiger partial charge in [0.15, 0.2) is 5.16 Å². The van der Waals surface area contributed by atoms with Crippen LogP contribution < -0.4 is 16.6 Å². The molecule has 1 aromatic heterocycles. The lowest BCUT2D eigenvalue weighted by Crippen LogP contribution is -2.34. The average molecular weight is 309 g/mol. The third-order valence-corrected chi connectivity index (χ3v) is 3.66. The number of rotatable bonds is 7. The van der Waals surface area contributed by atoms with Gasteiger partial charge < -0.3 is 16.0 Å². The molecule has 0 fully saturated rings. The van der Waals surface area contributed by atoms with Gasteiger partial charge in [-0.25, -0.2) is 4.98 Å². The van der Waals surface area contributed by atoms with Crippen LogP contribution in [0.3, 0.4) is 0 Å². The van der Waals surface area contributed by atoms with E-state index in [1.165, 1.54) is 0 Å². The number of nitriles is 1. The molecule has 0 aliphatic heterocycles. The fraction of sp³-hybridized carbons (Fsp3) is 0.538. The van der Waals surface area contributed by atoms with Crippen LogP contribution in [0.5, 0.6) is 0 Å². The van der Waals surface area contributed by atoms with Gasteiger partial charge in [0, 0.05) is 13.1 Å². The number of aromatic amines is 1. The van der Waals surface area contributed by atoms with Crippen LogP contribution in [-0.4, -0.2) is 34.2 Å². The van der Waals surface area contributed by atoms with Crippen molar-refractivity contribution in [1.29, 1.82) is 5.26 Å². The van der Waals surface area contributed by atoms with Gasteiger partial charge in [0.25, 0.3) is 5.56 Å². The number of aryl methyl sites for hydroxylation is 1. The van der Waals surface area contributed by atoms with Crippen LogP contribution in [0, 0.1) is 11.3 Å². The van der Waals surface area contributed by atoms with E-state index >= 15 is 0 Å². The summed E-state index contributed by atoms with van der Waals surface area (Å²) in [6, 6.07) is 1.87. The van der Waals surface area contributed by atoms with E-state index in [1.54, 1.807) is 6.92 Å². The van der Waals surface area contributed by atoms with E-state index in [9.17, 15) is 9.59 Å². The maximum atomic E-state index is 11.8. The van der Waals surface area contributed by atoms with Gasteiger partial charge in [-0.3, -0.25) is 9.59 Å². The molecule has 7 nitrogen and oxygen atoms in total. The number of nitrogens with zero attached hydrogens (tertiary/aromatic N) is 2. The van der Waals surface area contributed by atoms with Gasteiger partial charge in [0.05, 0.1) is 10.9 Å². The van der Waals surface area contributed by atoms with Crippen molar-refractivity contribution in [3.63, 3.8) is 0 Å². The zero-order chi connectivity index (χ0) is 15.8. The Kier molecular flexibility index (Phi) is 6.91. The molecule has 0 radical (unpaired) electrons. The van der Waals surface area contributed by atoms with E-state index in [4.69, 9.17) is 11.0 Å². The van der Waals surface area contributed by atoms with E-state index in [1.807, 2.05) is 13.0 Å². The maximum Gasteiger partial charge on any atom is 0.269 e. The molecular weight excluding hydrogens is 290 g/mol. The predicted octanol–water partition coefficient (Wildman–Crippen LogP) is 0.150. The SMILES string of the molecule is CCCc1nc(SC(C)C(=O)NCCN)[nH]c(=O)c1C#N. The minimum atomic E-state index is -0.465. The lowest BCUT2D eigenvalue weighted by molar-refractivity contribution is -0.120. The van der Waals surface area contributed by atoms with Gasteiger partial charge in [-0.2, -0.15) is 5.26 Å². The van der Waals surface area contributed by atoms with Gasteiger partial charge >= 0.3 is 0 Å². The molecule has 1 amide bonds. The molecule has 0 aliphatic carbocycles. The molecule has 0 aromatic carbocycles. The fourth-order valence-corrected chi connectivity index (χ4v) is 2.49. The van der Waals surface area contributed by atoms with Crippen LogP contribution in [0.1, 0.15) is 31.5 Å². The van der Waals surface area contributed by atoms with E-state index in [0.717, 1.165) is 18.2 Å². The molecule has 0 spiro atoms. The summed E-state index contributed by atoms with van der Waals surface area (Å²) in [7, 11) is 0. The van der Waals surface area contributed by atoms with Crippen LogP contribution in [-0.2, 0) is 11.2 Å². The molecule has 1 unspecified atom stereocenters. The summed E-state index contributed by atoms with van der Waals surface area (Å²) >= 11 is 1.15. The summed E-state index contributed by atoms with van der Waals surface area (Å²) in [5, 5.41) is 11.6. The fourth-order valence-electron chi connectivity index (χ4n) is 1.65. The molecule has 1 rings (SSSR count). The third-order valence-electron chi connectivity index (χ3n) is 2.67. The number of carbonyl (C=O) groups excluding carboxylic acids is 1. The molecule has 0 bridgehead atoms. The van der Waals surface area contributed by atoms with Crippen molar-refractivity contribution in [3.05, 3.63) is 21.6 Å².